The number of alkyl carbamates (subject to hydrolysis) is 1. The minimum atomic E-state index is -1.92. The molecule has 0 aliphatic carbocycles. The molecule has 2 aromatic rings. The summed E-state index contributed by atoms with van der Waals surface area (Å²) in [5.41, 5.74) is 0. The molecule has 1 fully saturated rings. The van der Waals surface area contributed by atoms with Crippen LogP contribution in [-0.4, -0.2) is 30.6 Å². The highest BCUT2D eigenvalue weighted by Crippen LogP contribution is 2.31. The summed E-state index contributed by atoms with van der Waals surface area (Å²) in [5.74, 6) is 0. The predicted molar refractivity (Wildman–Crippen MR) is 111 cm³/mol. The lowest BCUT2D eigenvalue weighted by Gasteiger charge is -2.28. The van der Waals surface area contributed by atoms with Gasteiger partial charge in [-0.1, -0.05) is 106 Å². The van der Waals surface area contributed by atoms with Crippen LogP contribution in [0.3, 0.4) is 0 Å². The first-order valence-electron chi connectivity index (χ1n) is 8.50. The molecule has 3 rings (SSSR count). The van der Waals surface area contributed by atoms with Gasteiger partial charge in [-0.05, 0) is 18.5 Å². The van der Waals surface area contributed by atoms with E-state index in [1.807, 2.05) is 12.1 Å². The fraction of sp³-hybridized carbons (Fsp3) is 0.316. The zero-order valence-electron chi connectivity index (χ0n) is 14.1. The van der Waals surface area contributed by atoms with Gasteiger partial charge >= 0.3 is 6.09 Å². The molecular formula is C19H20Cl3NO2Si. The summed E-state index contributed by atoms with van der Waals surface area (Å²) in [6, 6.07) is 23.3. The maximum atomic E-state index is 12.0. The number of rotatable bonds is 4. The standard InChI is InChI=1S/C19H20Cl3NO2Si/c20-19(21,22)14-25-18(24)23-15-11-12-26(13-15,16-7-3-1-4-8-16)17-9-5-2-6-10-17/h1-10,15H,11-14H2,(H,23,24). The zero-order valence-corrected chi connectivity index (χ0v) is 17.4. The largest absolute Gasteiger partial charge is 0.445 e. The lowest BCUT2D eigenvalue weighted by molar-refractivity contribution is 0.145. The Labute approximate surface area is 169 Å². The molecule has 1 N–H and O–H groups in total. The van der Waals surface area contributed by atoms with Crippen molar-refractivity contribution in [1.82, 2.24) is 5.32 Å². The molecule has 1 heterocycles. The third kappa shape index (κ3) is 4.74. The van der Waals surface area contributed by atoms with Crippen LogP contribution in [0.5, 0.6) is 0 Å². The number of hydrogen-bond donors (Lipinski definition) is 1. The second-order valence-electron chi connectivity index (χ2n) is 6.59. The van der Waals surface area contributed by atoms with Gasteiger partial charge in [-0.25, -0.2) is 4.79 Å². The molecule has 1 atom stereocenters. The van der Waals surface area contributed by atoms with Gasteiger partial charge in [-0.3, -0.25) is 0 Å². The van der Waals surface area contributed by atoms with Crippen molar-refractivity contribution in [3.8, 4) is 0 Å². The second kappa shape index (κ2) is 8.22. The van der Waals surface area contributed by atoms with Gasteiger partial charge in [-0.15, -0.1) is 0 Å². The van der Waals surface area contributed by atoms with Gasteiger partial charge in [0, 0.05) is 6.04 Å². The van der Waals surface area contributed by atoms with E-state index in [1.54, 1.807) is 0 Å². The minimum Gasteiger partial charge on any atom is -0.445 e. The first kappa shape index (κ1) is 19.6. The van der Waals surface area contributed by atoms with Crippen LogP contribution in [0.1, 0.15) is 6.42 Å². The summed E-state index contributed by atoms with van der Waals surface area (Å²) in [6.07, 6.45) is 0.381. The van der Waals surface area contributed by atoms with Gasteiger partial charge in [0.2, 0.25) is 3.79 Å². The van der Waals surface area contributed by atoms with E-state index in [-0.39, 0.29) is 12.6 Å². The normalized spacial score (nSPS) is 19.1. The average Bonchev–Trinajstić information content (AvgIpc) is 3.06. The smallest absolute Gasteiger partial charge is 0.407 e. The highest BCUT2D eigenvalue weighted by atomic mass is 35.6. The third-order valence-electron chi connectivity index (χ3n) is 4.86. The highest BCUT2D eigenvalue weighted by Gasteiger charge is 2.44. The van der Waals surface area contributed by atoms with Crippen molar-refractivity contribution >= 4 is 59.3 Å². The molecule has 0 radical (unpaired) electrons. The van der Waals surface area contributed by atoms with Gasteiger partial charge in [0.05, 0.1) is 0 Å². The van der Waals surface area contributed by atoms with Crippen molar-refractivity contribution in [3.05, 3.63) is 60.7 Å². The van der Waals surface area contributed by atoms with Gasteiger partial charge in [0.1, 0.15) is 14.7 Å². The Kier molecular flexibility index (Phi) is 6.18. The van der Waals surface area contributed by atoms with Crippen molar-refractivity contribution in [3.63, 3.8) is 0 Å². The number of halogens is 3. The number of hydrogen-bond acceptors (Lipinski definition) is 2. The van der Waals surface area contributed by atoms with E-state index < -0.39 is 18.0 Å². The molecule has 1 unspecified atom stereocenters. The summed E-state index contributed by atoms with van der Waals surface area (Å²) in [4.78, 5) is 12.0. The van der Waals surface area contributed by atoms with Crippen LogP contribution in [0, 0.1) is 0 Å². The Hall–Kier alpha value is -1.20. The maximum Gasteiger partial charge on any atom is 0.407 e. The molecule has 1 aliphatic rings. The first-order chi connectivity index (χ1) is 12.4. The number of benzene rings is 2. The summed E-state index contributed by atoms with van der Waals surface area (Å²) in [5, 5.41) is 5.73. The van der Waals surface area contributed by atoms with E-state index in [1.165, 1.54) is 10.4 Å². The van der Waals surface area contributed by atoms with Crippen LogP contribution < -0.4 is 15.7 Å². The van der Waals surface area contributed by atoms with Crippen molar-refractivity contribution in [1.29, 1.82) is 0 Å². The quantitative estimate of drug-likeness (QED) is 0.587. The molecule has 1 amide bonds. The van der Waals surface area contributed by atoms with E-state index in [2.05, 4.69) is 53.8 Å². The fourth-order valence-corrected chi connectivity index (χ4v) is 9.13. The second-order valence-corrected chi connectivity index (χ2v) is 13.3. The average molecular weight is 429 g/mol. The summed E-state index contributed by atoms with van der Waals surface area (Å²) < 4.78 is 3.42. The SMILES string of the molecule is O=C(NC1CC[Si](c2ccccc2)(c2ccccc2)C1)OCC(Cl)(Cl)Cl. The zero-order chi connectivity index (χ0) is 18.6. The van der Waals surface area contributed by atoms with Gasteiger partial charge in [0.15, 0.2) is 0 Å². The maximum absolute atomic E-state index is 12.0. The lowest BCUT2D eigenvalue weighted by atomic mass is 10.3. The Balaban J connectivity index is 1.76. The number of nitrogens with one attached hydrogen (secondary N) is 1. The molecule has 1 aliphatic heterocycles. The van der Waals surface area contributed by atoms with E-state index >= 15 is 0 Å². The molecular weight excluding hydrogens is 409 g/mol. The molecule has 0 bridgehead atoms. The van der Waals surface area contributed by atoms with Crippen molar-refractivity contribution in [2.75, 3.05) is 6.61 Å². The molecule has 26 heavy (non-hydrogen) atoms. The minimum absolute atomic E-state index is 0.0601. The fourth-order valence-electron chi connectivity index (χ4n) is 3.73. The van der Waals surface area contributed by atoms with Crippen molar-refractivity contribution in [2.24, 2.45) is 0 Å². The van der Waals surface area contributed by atoms with E-state index in [9.17, 15) is 4.79 Å². The van der Waals surface area contributed by atoms with Crippen LogP contribution >= 0.6 is 34.8 Å². The number of amides is 1. The van der Waals surface area contributed by atoms with Crippen LogP contribution in [0.25, 0.3) is 0 Å². The van der Waals surface area contributed by atoms with Crippen molar-refractivity contribution in [2.45, 2.75) is 28.3 Å². The molecule has 0 saturated carbocycles. The lowest BCUT2D eigenvalue weighted by Crippen LogP contribution is -2.57. The van der Waals surface area contributed by atoms with Crippen LogP contribution in [0.15, 0.2) is 60.7 Å². The molecule has 0 aromatic heterocycles. The molecule has 1 saturated heterocycles. The number of alkyl halides is 3. The van der Waals surface area contributed by atoms with E-state index in [0.29, 0.717) is 0 Å². The predicted octanol–water partition coefficient (Wildman–Crippen LogP) is 4.12. The summed E-state index contributed by atoms with van der Waals surface area (Å²) in [7, 11) is -1.92. The van der Waals surface area contributed by atoms with Crippen LogP contribution in [0.4, 0.5) is 4.79 Å². The molecule has 0 spiro atoms. The van der Waals surface area contributed by atoms with Crippen LogP contribution in [0.2, 0.25) is 12.1 Å². The van der Waals surface area contributed by atoms with Crippen LogP contribution in [-0.2, 0) is 4.74 Å². The Morgan fingerprint density at radius 1 is 1.04 bits per heavy atom. The molecule has 138 valence electrons. The number of carbonyl (C=O) groups excluding carboxylic acids is 1. The highest BCUT2D eigenvalue weighted by molar-refractivity contribution is 7.02. The molecule has 2 aromatic carbocycles. The van der Waals surface area contributed by atoms with Gasteiger partial charge in [0.25, 0.3) is 0 Å². The van der Waals surface area contributed by atoms with Gasteiger partial charge < -0.3 is 10.1 Å². The third-order valence-corrected chi connectivity index (χ3v) is 10.4. The summed E-state index contributed by atoms with van der Waals surface area (Å²) >= 11 is 16.9. The number of ether oxygens (including phenoxy) is 1. The Morgan fingerprint density at radius 3 is 2.08 bits per heavy atom. The topological polar surface area (TPSA) is 38.3 Å². The van der Waals surface area contributed by atoms with Crippen molar-refractivity contribution < 1.29 is 9.53 Å². The molecule has 7 heteroatoms. The van der Waals surface area contributed by atoms with E-state index in [0.717, 1.165) is 18.5 Å². The molecule has 3 nitrogen and oxygen atoms in total. The van der Waals surface area contributed by atoms with Gasteiger partial charge in [-0.2, -0.15) is 0 Å². The van der Waals surface area contributed by atoms with E-state index in [4.69, 9.17) is 39.5 Å². The Bertz CT molecular complexity index is 698. The first-order valence-corrected chi connectivity index (χ1v) is 12.0. The monoisotopic (exact) mass is 427 g/mol. The summed E-state index contributed by atoms with van der Waals surface area (Å²) in [6.45, 7) is -0.268. The number of carbonyl (C=O) groups is 1. The Morgan fingerprint density at radius 2 is 1.58 bits per heavy atom.